The molecule has 0 aliphatic carbocycles. The van der Waals surface area contributed by atoms with Crippen LogP contribution >= 0.6 is 47.0 Å². The van der Waals surface area contributed by atoms with Gasteiger partial charge in [-0.05, 0) is 0 Å². The van der Waals surface area contributed by atoms with Crippen LogP contribution in [0.4, 0.5) is 0 Å². The van der Waals surface area contributed by atoms with E-state index in [0.29, 0.717) is 29.9 Å². The van der Waals surface area contributed by atoms with Gasteiger partial charge < -0.3 is 0 Å². The zero-order chi connectivity index (χ0) is 12.5. The maximum absolute atomic E-state index is 4.46. The molecule has 0 unspecified atom stereocenters. The molecule has 3 heterocycles. The standard InChI is InChI=1S/C10H8N2S4Se2/c1-13-7-8(14-2)16-9(15-7)10-17-5-6(18-10)12-4-3-11-5/h3-4H,1-2H3. The van der Waals surface area contributed by atoms with E-state index in [9.17, 15) is 0 Å². The second kappa shape index (κ2) is 6.18. The van der Waals surface area contributed by atoms with Gasteiger partial charge in [-0.25, -0.2) is 0 Å². The number of rotatable bonds is 2. The van der Waals surface area contributed by atoms with Gasteiger partial charge in [0.25, 0.3) is 0 Å². The number of fused-ring (bicyclic) bond motifs is 1. The Morgan fingerprint density at radius 2 is 1.44 bits per heavy atom. The summed E-state index contributed by atoms with van der Waals surface area (Å²) in [5.74, 6) is 0. The Morgan fingerprint density at radius 3 is 1.89 bits per heavy atom. The van der Waals surface area contributed by atoms with E-state index < -0.39 is 0 Å². The summed E-state index contributed by atoms with van der Waals surface area (Å²) < 4.78 is 8.52. The Labute approximate surface area is 136 Å². The zero-order valence-corrected chi connectivity index (χ0v) is 16.2. The SMILES string of the molecule is CSC1=C(SC)SC(=C2[Se]c3nccnc3[Se]2)S1. The number of hydrogen-bond acceptors (Lipinski definition) is 6. The van der Waals surface area contributed by atoms with E-state index in [1.54, 1.807) is 3.37 Å². The number of hydrogen-bond donors (Lipinski definition) is 0. The van der Waals surface area contributed by atoms with Crippen LogP contribution in [0.15, 0.2) is 28.5 Å². The summed E-state index contributed by atoms with van der Waals surface area (Å²) in [5, 5.41) is 0. The maximum atomic E-state index is 4.46. The van der Waals surface area contributed by atoms with Crippen LogP contribution in [0.3, 0.4) is 0 Å². The molecule has 0 spiro atoms. The molecule has 2 aliphatic rings. The molecule has 0 bridgehead atoms. The topological polar surface area (TPSA) is 25.8 Å². The van der Waals surface area contributed by atoms with Crippen molar-refractivity contribution >= 4 is 86.1 Å². The van der Waals surface area contributed by atoms with E-state index >= 15 is 0 Å². The van der Waals surface area contributed by atoms with Gasteiger partial charge in [0, 0.05) is 0 Å². The Hall–Kier alpha value is 0.999. The molecule has 0 radical (unpaired) electrons. The van der Waals surface area contributed by atoms with Crippen LogP contribution in [0, 0.1) is 0 Å². The molecule has 18 heavy (non-hydrogen) atoms. The van der Waals surface area contributed by atoms with E-state index in [1.165, 1.54) is 21.9 Å². The molecule has 0 N–H and O–H groups in total. The second-order valence-corrected chi connectivity index (χ2v) is 13.1. The minimum atomic E-state index is 0.399. The van der Waals surface area contributed by atoms with Gasteiger partial charge in [-0.15, -0.1) is 0 Å². The van der Waals surface area contributed by atoms with Crippen molar-refractivity contribution in [2.45, 2.75) is 0 Å². The summed E-state index contributed by atoms with van der Waals surface area (Å²) in [5.41, 5.74) is 0. The van der Waals surface area contributed by atoms with Gasteiger partial charge in [-0.2, -0.15) is 0 Å². The van der Waals surface area contributed by atoms with E-state index in [4.69, 9.17) is 0 Å². The first kappa shape index (κ1) is 14.0. The normalized spacial score (nSPS) is 18.8. The number of nitrogens with zero attached hydrogens (tertiary/aromatic N) is 2. The third-order valence-corrected chi connectivity index (χ3v) is 14.6. The van der Waals surface area contributed by atoms with E-state index in [-0.39, 0.29) is 0 Å². The third-order valence-electron chi connectivity index (χ3n) is 2.09. The fourth-order valence-electron chi connectivity index (χ4n) is 1.34. The van der Waals surface area contributed by atoms with Crippen LogP contribution in [0.5, 0.6) is 0 Å². The van der Waals surface area contributed by atoms with Gasteiger partial charge in [0.2, 0.25) is 0 Å². The van der Waals surface area contributed by atoms with Gasteiger partial charge in [0.1, 0.15) is 0 Å². The molecular weight excluding hydrogens is 434 g/mol. The summed E-state index contributed by atoms with van der Waals surface area (Å²) in [6.07, 6.45) is 7.96. The molecule has 1 aromatic rings. The van der Waals surface area contributed by atoms with Gasteiger partial charge in [-0.3, -0.25) is 0 Å². The molecule has 0 fully saturated rings. The first-order valence-corrected chi connectivity index (χ1v) is 12.4. The Morgan fingerprint density at radius 1 is 0.944 bits per heavy atom. The predicted molar refractivity (Wildman–Crippen MR) is 89.1 cm³/mol. The molecule has 94 valence electrons. The van der Waals surface area contributed by atoms with Gasteiger partial charge >= 0.3 is 137 Å². The Kier molecular flexibility index (Phi) is 4.80. The van der Waals surface area contributed by atoms with Crippen LogP contribution in [-0.4, -0.2) is 52.4 Å². The van der Waals surface area contributed by atoms with Gasteiger partial charge in [-0.1, -0.05) is 0 Å². The first-order chi connectivity index (χ1) is 8.81. The molecule has 0 saturated carbocycles. The van der Waals surface area contributed by atoms with Crippen LogP contribution in [0.25, 0.3) is 0 Å². The summed E-state index contributed by atoms with van der Waals surface area (Å²) in [7, 11) is 0. The van der Waals surface area contributed by atoms with Crippen molar-refractivity contribution in [2.24, 2.45) is 0 Å². The summed E-state index contributed by atoms with van der Waals surface area (Å²) in [6, 6.07) is 0. The number of aromatic nitrogens is 2. The second-order valence-electron chi connectivity index (χ2n) is 3.13. The molecule has 0 saturated heterocycles. The van der Waals surface area contributed by atoms with Crippen molar-refractivity contribution < 1.29 is 0 Å². The summed E-state index contributed by atoms with van der Waals surface area (Å²) >= 11 is 8.42. The van der Waals surface area contributed by atoms with Crippen LogP contribution in [-0.2, 0) is 0 Å². The van der Waals surface area contributed by atoms with Crippen molar-refractivity contribution in [3.63, 3.8) is 0 Å². The minimum absolute atomic E-state index is 0.399. The van der Waals surface area contributed by atoms with Crippen molar-refractivity contribution in [3.05, 3.63) is 28.5 Å². The molecule has 3 rings (SSSR count). The quantitative estimate of drug-likeness (QED) is 0.646. The monoisotopic (exact) mass is 444 g/mol. The molecular formula is C10H8N2S4Se2. The van der Waals surface area contributed by atoms with Crippen LogP contribution in [0.1, 0.15) is 0 Å². The van der Waals surface area contributed by atoms with Gasteiger partial charge in [0.05, 0.1) is 0 Å². The van der Waals surface area contributed by atoms with E-state index in [1.807, 2.05) is 59.4 Å². The summed E-state index contributed by atoms with van der Waals surface area (Å²) in [6.45, 7) is 0. The Balaban J connectivity index is 1.85. The zero-order valence-electron chi connectivity index (χ0n) is 9.50. The van der Waals surface area contributed by atoms with Crippen LogP contribution in [0.2, 0.25) is 0 Å². The predicted octanol–water partition coefficient (Wildman–Crippen LogP) is 1.61. The summed E-state index contributed by atoms with van der Waals surface area (Å²) in [4.78, 5) is 8.93. The van der Waals surface area contributed by atoms with Crippen molar-refractivity contribution in [2.75, 3.05) is 12.5 Å². The van der Waals surface area contributed by atoms with Crippen molar-refractivity contribution in [3.8, 4) is 0 Å². The molecule has 8 heteroatoms. The van der Waals surface area contributed by atoms with E-state index in [0.717, 1.165) is 0 Å². The van der Waals surface area contributed by atoms with Gasteiger partial charge in [0.15, 0.2) is 0 Å². The Bertz CT molecular complexity index is 514. The molecule has 0 aromatic carbocycles. The van der Waals surface area contributed by atoms with Crippen molar-refractivity contribution in [1.82, 2.24) is 9.97 Å². The third kappa shape index (κ3) is 2.72. The average Bonchev–Trinajstić information content (AvgIpc) is 3.01. The molecule has 1 aromatic heterocycles. The molecule has 2 aliphatic heterocycles. The van der Waals surface area contributed by atoms with Crippen molar-refractivity contribution in [1.29, 1.82) is 0 Å². The molecule has 0 atom stereocenters. The van der Waals surface area contributed by atoms with E-state index in [2.05, 4.69) is 22.5 Å². The first-order valence-electron chi connectivity index (χ1n) is 4.90. The molecule has 2 nitrogen and oxygen atoms in total. The molecule has 0 amide bonds. The van der Waals surface area contributed by atoms with Crippen LogP contribution < -0.4 is 9.18 Å². The fourth-order valence-corrected chi connectivity index (χ4v) is 13.2. The number of thioether (sulfide) groups is 4. The fraction of sp³-hybridized carbons (Fsp3) is 0.200. The average molecular weight is 442 g/mol.